The highest BCUT2D eigenvalue weighted by Crippen LogP contribution is 2.36. The molecule has 0 aliphatic carbocycles. The van der Waals surface area contributed by atoms with Crippen molar-refractivity contribution < 1.29 is 0 Å². The maximum atomic E-state index is 5.80. The second kappa shape index (κ2) is 4.37. The topological polar surface area (TPSA) is 57.9 Å². The fourth-order valence-electron chi connectivity index (χ4n) is 3.09. The molecule has 1 fully saturated rings. The number of aryl methyl sites for hydroxylation is 1. The summed E-state index contributed by atoms with van der Waals surface area (Å²) in [6.07, 6.45) is 1.14. The van der Waals surface area contributed by atoms with E-state index in [1.165, 1.54) is 5.56 Å². The Morgan fingerprint density at radius 2 is 2.33 bits per heavy atom. The SMILES string of the molecule is Cc1nc2c(C3CC(CN)CN3C)cccc2[nH]1. The number of hydrogen-bond donors (Lipinski definition) is 2. The molecule has 4 nitrogen and oxygen atoms in total. The number of benzene rings is 1. The Kier molecular flexibility index (Phi) is 2.84. The number of imidazole rings is 1. The molecule has 18 heavy (non-hydrogen) atoms. The van der Waals surface area contributed by atoms with Crippen molar-refractivity contribution in [1.82, 2.24) is 14.9 Å². The third-order valence-electron chi connectivity index (χ3n) is 3.99. The molecule has 0 radical (unpaired) electrons. The van der Waals surface area contributed by atoms with Crippen molar-refractivity contribution in [3.8, 4) is 0 Å². The first kappa shape index (κ1) is 11.7. The average Bonchev–Trinajstić information content (AvgIpc) is 2.90. The summed E-state index contributed by atoms with van der Waals surface area (Å²) >= 11 is 0. The van der Waals surface area contributed by atoms with Gasteiger partial charge < -0.3 is 10.7 Å². The molecule has 1 aliphatic heterocycles. The van der Waals surface area contributed by atoms with Crippen molar-refractivity contribution in [2.45, 2.75) is 19.4 Å². The maximum Gasteiger partial charge on any atom is 0.104 e. The molecule has 2 heterocycles. The van der Waals surface area contributed by atoms with Gasteiger partial charge in [0.2, 0.25) is 0 Å². The van der Waals surface area contributed by atoms with Crippen LogP contribution in [0.5, 0.6) is 0 Å². The zero-order chi connectivity index (χ0) is 12.7. The first-order valence-corrected chi connectivity index (χ1v) is 6.54. The van der Waals surface area contributed by atoms with Crippen LogP contribution < -0.4 is 5.73 Å². The van der Waals surface area contributed by atoms with E-state index in [0.717, 1.165) is 36.4 Å². The summed E-state index contributed by atoms with van der Waals surface area (Å²) in [6, 6.07) is 6.85. The fraction of sp³-hybridized carbons (Fsp3) is 0.500. The molecule has 2 aromatic rings. The van der Waals surface area contributed by atoms with Crippen LogP contribution in [0, 0.1) is 12.8 Å². The number of nitrogens with zero attached hydrogens (tertiary/aromatic N) is 2. The van der Waals surface area contributed by atoms with Crippen LogP contribution in [0.1, 0.15) is 23.9 Å². The van der Waals surface area contributed by atoms with Crippen molar-refractivity contribution in [1.29, 1.82) is 0 Å². The normalized spacial score (nSPS) is 25.1. The number of para-hydroxylation sites is 1. The monoisotopic (exact) mass is 244 g/mol. The quantitative estimate of drug-likeness (QED) is 0.847. The third kappa shape index (κ3) is 1.82. The minimum Gasteiger partial charge on any atom is -0.342 e. The minimum absolute atomic E-state index is 0.449. The Balaban J connectivity index is 2.04. The lowest BCUT2D eigenvalue weighted by atomic mass is 9.99. The highest BCUT2D eigenvalue weighted by atomic mass is 15.2. The van der Waals surface area contributed by atoms with E-state index in [1.54, 1.807) is 0 Å². The Bertz CT molecular complexity index is 560. The van der Waals surface area contributed by atoms with Gasteiger partial charge in [-0.15, -0.1) is 0 Å². The predicted molar refractivity (Wildman–Crippen MR) is 73.4 cm³/mol. The molecule has 3 N–H and O–H groups in total. The molecule has 0 bridgehead atoms. The molecule has 96 valence electrons. The lowest BCUT2D eigenvalue weighted by molar-refractivity contribution is 0.315. The number of rotatable bonds is 2. The van der Waals surface area contributed by atoms with Gasteiger partial charge in [0.05, 0.1) is 11.0 Å². The van der Waals surface area contributed by atoms with Crippen LogP contribution in [0.4, 0.5) is 0 Å². The first-order chi connectivity index (χ1) is 8.69. The van der Waals surface area contributed by atoms with Crippen LogP contribution in [-0.4, -0.2) is 35.0 Å². The summed E-state index contributed by atoms with van der Waals surface area (Å²) in [5.74, 6) is 1.59. The minimum atomic E-state index is 0.449. The van der Waals surface area contributed by atoms with Gasteiger partial charge in [0, 0.05) is 12.6 Å². The van der Waals surface area contributed by atoms with Crippen molar-refractivity contribution in [2.24, 2.45) is 11.7 Å². The molecule has 3 rings (SSSR count). The van der Waals surface area contributed by atoms with E-state index in [9.17, 15) is 0 Å². The van der Waals surface area contributed by atoms with Crippen molar-refractivity contribution in [3.05, 3.63) is 29.6 Å². The van der Waals surface area contributed by atoms with Crippen molar-refractivity contribution >= 4 is 11.0 Å². The molecule has 2 unspecified atom stereocenters. The number of nitrogens with one attached hydrogen (secondary N) is 1. The van der Waals surface area contributed by atoms with Crippen LogP contribution in [-0.2, 0) is 0 Å². The average molecular weight is 244 g/mol. The van der Waals surface area contributed by atoms with Gasteiger partial charge in [-0.05, 0) is 44.5 Å². The van der Waals surface area contributed by atoms with E-state index < -0.39 is 0 Å². The van der Waals surface area contributed by atoms with E-state index in [4.69, 9.17) is 5.73 Å². The van der Waals surface area contributed by atoms with Crippen LogP contribution >= 0.6 is 0 Å². The largest absolute Gasteiger partial charge is 0.342 e. The third-order valence-corrected chi connectivity index (χ3v) is 3.99. The van der Waals surface area contributed by atoms with E-state index in [2.05, 4.69) is 40.1 Å². The van der Waals surface area contributed by atoms with Crippen LogP contribution in [0.2, 0.25) is 0 Å². The number of nitrogens with two attached hydrogens (primary N) is 1. The van der Waals surface area contributed by atoms with Gasteiger partial charge in [-0.2, -0.15) is 0 Å². The van der Waals surface area contributed by atoms with E-state index in [0.29, 0.717) is 12.0 Å². The van der Waals surface area contributed by atoms with Gasteiger partial charge in [0.25, 0.3) is 0 Å². The highest BCUT2D eigenvalue weighted by molar-refractivity contribution is 5.79. The van der Waals surface area contributed by atoms with Gasteiger partial charge in [0.1, 0.15) is 5.82 Å². The van der Waals surface area contributed by atoms with Gasteiger partial charge >= 0.3 is 0 Å². The summed E-state index contributed by atoms with van der Waals surface area (Å²) in [6.45, 7) is 3.86. The lowest BCUT2D eigenvalue weighted by Gasteiger charge is -2.19. The molecule has 1 aromatic heterocycles. The summed E-state index contributed by atoms with van der Waals surface area (Å²) in [7, 11) is 2.18. The molecular formula is C14H20N4. The zero-order valence-corrected chi connectivity index (χ0v) is 11.0. The van der Waals surface area contributed by atoms with Crippen molar-refractivity contribution in [2.75, 3.05) is 20.1 Å². The van der Waals surface area contributed by atoms with Gasteiger partial charge in [-0.1, -0.05) is 12.1 Å². The summed E-state index contributed by atoms with van der Waals surface area (Å²) in [5, 5.41) is 0. The summed E-state index contributed by atoms with van der Waals surface area (Å²) < 4.78 is 0. The molecule has 4 heteroatoms. The van der Waals surface area contributed by atoms with E-state index >= 15 is 0 Å². The number of aromatic amines is 1. The summed E-state index contributed by atoms with van der Waals surface area (Å²) in [4.78, 5) is 10.3. The Morgan fingerprint density at radius 3 is 3.06 bits per heavy atom. The zero-order valence-electron chi connectivity index (χ0n) is 11.0. The lowest BCUT2D eigenvalue weighted by Crippen LogP contribution is -2.20. The molecule has 0 spiro atoms. The Morgan fingerprint density at radius 1 is 1.50 bits per heavy atom. The first-order valence-electron chi connectivity index (χ1n) is 6.54. The standard InChI is InChI=1S/C14H20N4/c1-9-16-12-5-3-4-11(14(12)17-9)13-6-10(7-15)8-18(13)2/h3-5,10,13H,6-8,15H2,1-2H3,(H,16,17). The molecule has 1 aromatic carbocycles. The number of aromatic nitrogens is 2. The van der Waals surface area contributed by atoms with E-state index in [1.807, 2.05) is 6.92 Å². The predicted octanol–water partition coefficient (Wildman–Crippen LogP) is 1.82. The number of fused-ring (bicyclic) bond motifs is 1. The second-order valence-electron chi connectivity index (χ2n) is 5.36. The molecular weight excluding hydrogens is 224 g/mol. The molecule has 1 aliphatic rings. The van der Waals surface area contributed by atoms with Crippen LogP contribution in [0.15, 0.2) is 18.2 Å². The Labute approximate surface area is 107 Å². The van der Waals surface area contributed by atoms with Crippen LogP contribution in [0.25, 0.3) is 11.0 Å². The second-order valence-corrected chi connectivity index (χ2v) is 5.36. The van der Waals surface area contributed by atoms with Crippen molar-refractivity contribution in [3.63, 3.8) is 0 Å². The molecule has 0 saturated carbocycles. The smallest absolute Gasteiger partial charge is 0.104 e. The molecule has 0 amide bonds. The van der Waals surface area contributed by atoms with Crippen LogP contribution in [0.3, 0.4) is 0 Å². The summed E-state index contributed by atoms with van der Waals surface area (Å²) in [5.41, 5.74) is 9.38. The Hall–Kier alpha value is -1.39. The maximum absolute atomic E-state index is 5.80. The fourth-order valence-corrected chi connectivity index (χ4v) is 3.09. The van der Waals surface area contributed by atoms with Gasteiger partial charge in [0.15, 0.2) is 0 Å². The molecule has 2 atom stereocenters. The van der Waals surface area contributed by atoms with Gasteiger partial charge in [-0.3, -0.25) is 4.90 Å². The number of H-pyrrole nitrogens is 1. The van der Waals surface area contributed by atoms with E-state index in [-0.39, 0.29) is 0 Å². The highest BCUT2D eigenvalue weighted by Gasteiger charge is 2.31. The number of hydrogen-bond acceptors (Lipinski definition) is 3. The van der Waals surface area contributed by atoms with Gasteiger partial charge in [-0.25, -0.2) is 4.98 Å². The number of likely N-dealkylation sites (tertiary alicyclic amines) is 1. The molecule has 1 saturated heterocycles.